The summed E-state index contributed by atoms with van der Waals surface area (Å²) >= 11 is 5.93. The Morgan fingerprint density at radius 3 is 2.49 bits per heavy atom. The molecule has 3 aromatic rings. The van der Waals surface area contributed by atoms with Crippen LogP contribution in [0.1, 0.15) is 35.8 Å². The van der Waals surface area contributed by atoms with Gasteiger partial charge < -0.3 is 14.8 Å². The van der Waals surface area contributed by atoms with Crippen LogP contribution in [0.5, 0.6) is 0 Å². The topological polar surface area (TPSA) is 40.5 Å². The van der Waals surface area contributed by atoms with E-state index in [1.807, 2.05) is 36.1 Å². The number of amides is 1. The van der Waals surface area contributed by atoms with Crippen molar-refractivity contribution in [1.29, 1.82) is 0 Å². The second kappa shape index (κ2) is 11.7. The van der Waals surface area contributed by atoms with Gasteiger partial charge in [0.05, 0.1) is 16.3 Å². The monoisotopic (exact) mass is 496 g/mol. The first-order chi connectivity index (χ1) is 17.0. The molecule has 2 aromatic carbocycles. The van der Waals surface area contributed by atoms with E-state index in [2.05, 4.69) is 33.8 Å². The molecule has 1 aliphatic heterocycles. The predicted molar refractivity (Wildman–Crippen MR) is 142 cm³/mol. The van der Waals surface area contributed by atoms with E-state index in [0.717, 1.165) is 74.6 Å². The van der Waals surface area contributed by atoms with Crippen LogP contribution in [-0.2, 0) is 6.54 Å². The second-order valence-electron chi connectivity index (χ2n) is 9.06. The molecule has 1 amide bonds. The Morgan fingerprint density at radius 1 is 1.03 bits per heavy atom. The maximum absolute atomic E-state index is 14.3. The summed E-state index contributed by atoms with van der Waals surface area (Å²) in [5.41, 5.74) is 4.54. The molecule has 4 rings (SSSR count). The molecule has 2 heterocycles. The van der Waals surface area contributed by atoms with E-state index in [-0.39, 0.29) is 16.7 Å². The fourth-order valence-electron chi connectivity index (χ4n) is 4.78. The lowest BCUT2D eigenvalue weighted by Crippen LogP contribution is -2.47. The SMILES string of the molecule is CCCn1c(-c2ccccc2)cc(C(=O)NCCCN2CCN(c3cccc(Cl)c3F)CC2)c1C. The highest BCUT2D eigenvalue weighted by molar-refractivity contribution is 6.31. The molecule has 1 N–H and O–H groups in total. The number of rotatable bonds is 9. The zero-order valence-corrected chi connectivity index (χ0v) is 21.3. The van der Waals surface area contributed by atoms with Crippen molar-refractivity contribution >= 4 is 23.2 Å². The zero-order valence-electron chi connectivity index (χ0n) is 20.6. The van der Waals surface area contributed by atoms with Crippen molar-refractivity contribution in [2.75, 3.05) is 44.2 Å². The third-order valence-corrected chi connectivity index (χ3v) is 7.00. The summed E-state index contributed by atoms with van der Waals surface area (Å²) in [4.78, 5) is 17.4. The largest absolute Gasteiger partial charge is 0.367 e. The molecule has 35 heavy (non-hydrogen) atoms. The highest BCUT2D eigenvalue weighted by Crippen LogP contribution is 2.27. The Bertz CT molecular complexity index is 1140. The van der Waals surface area contributed by atoms with Gasteiger partial charge in [0.1, 0.15) is 0 Å². The lowest BCUT2D eigenvalue weighted by molar-refractivity contribution is 0.0950. The zero-order chi connectivity index (χ0) is 24.8. The van der Waals surface area contributed by atoms with E-state index < -0.39 is 0 Å². The molecule has 0 saturated carbocycles. The Labute approximate surface area is 212 Å². The summed E-state index contributed by atoms with van der Waals surface area (Å²) in [6.45, 7) is 9.83. The molecule has 0 atom stereocenters. The summed E-state index contributed by atoms with van der Waals surface area (Å²) < 4.78 is 16.6. The number of aromatic nitrogens is 1. The number of piperazine rings is 1. The van der Waals surface area contributed by atoms with Crippen molar-refractivity contribution in [3.05, 3.63) is 76.7 Å². The average molecular weight is 497 g/mol. The van der Waals surface area contributed by atoms with Gasteiger partial charge in [0.2, 0.25) is 0 Å². The molecule has 186 valence electrons. The molecule has 0 radical (unpaired) electrons. The van der Waals surface area contributed by atoms with Gasteiger partial charge in [0.15, 0.2) is 5.82 Å². The number of hydrogen-bond acceptors (Lipinski definition) is 3. The van der Waals surface area contributed by atoms with Crippen LogP contribution in [0.4, 0.5) is 10.1 Å². The Balaban J connectivity index is 1.27. The standard InChI is InChI=1S/C28H34ClFN4O/c1-3-14-34-21(2)23(20-26(34)22-9-5-4-6-10-22)28(35)31-13-8-15-32-16-18-33(19-17-32)25-12-7-11-24(29)27(25)30/h4-7,9-12,20H,3,8,13-19H2,1-2H3,(H,31,35). The Hall–Kier alpha value is -2.83. The molecule has 1 fully saturated rings. The molecule has 1 saturated heterocycles. The van der Waals surface area contributed by atoms with Gasteiger partial charge in [-0.3, -0.25) is 9.69 Å². The van der Waals surface area contributed by atoms with E-state index in [0.29, 0.717) is 12.2 Å². The molecule has 7 heteroatoms. The van der Waals surface area contributed by atoms with Gasteiger partial charge in [-0.1, -0.05) is 54.9 Å². The summed E-state index contributed by atoms with van der Waals surface area (Å²) in [6.07, 6.45) is 1.88. The predicted octanol–water partition coefficient (Wildman–Crippen LogP) is 5.61. The highest BCUT2D eigenvalue weighted by atomic mass is 35.5. The van der Waals surface area contributed by atoms with E-state index >= 15 is 0 Å². The number of carbonyl (C=O) groups excluding carboxylic acids is 1. The molecule has 0 aliphatic carbocycles. The van der Waals surface area contributed by atoms with Crippen LogP contribution in [0.2, 0.25) is 5.02 Å². The third-order valence-electron chi connectivity index (χ3n) is 6.71. The van der Waals surface area contributed by atoms with Crippen molar-refractivity contribution < 1.29 is 9.18 Å². The number of anilines is 1. The summed E-state index contributed by atoms with van der Waals surface area (Å²) in [5, 5.41) is 3.27. The number of nitrogens with one attached hydrogen (secondary N) is 1. The first-order valence-electron chi connectivity index (χ1n) is 12.4. The molecule has 0 spiro atoms. The molecular weight excluding hydrogens is 463 g/mol. The van der Waals surface area contributed by atoms with Crippen molar-refractivity contribution in [3.8, 4) is 11.3 Å². The first kappa shape index (κ1) is 25.3. The van der Waals surface area contributed by atoms with Crippen molar-refractivity contribution in [2.24, 2.45) is 0 Å². The minimum absolute atomic E-state index is 0.0178. The normalized spacial score (nSPS) is 14.3. The second-order valence-corrected chi connectivity index (χ2v) is 9.46. The fourth-order valence-corrected chi connectivity index (χ4v) is 4.95. The average Bonchev–Trinajstić information content (AvgIpc) is 3.21. The van der Waals surface area contributed by atoms with Crippen LogP contribution in [0.25, 0.3) is 11.3 Å². The minimum Gasteiger partial charge on any atom is -0.367 e. The first-order valence-corrected chi connectivity index (χ1v) is 12.8. The van der Waals surface area contributed by atoms with E-state index in [1.54, 1.807) is 18.2 Å². The van der Waals surface area contributed by atoms with Gasteiger partial charge in [0, 0.05) is 50.7 Å². The van der Waals surface area contributed by atoms with Gasteiger partial charge in [-0.2, -0.15) is 0 Å². The van der Waals surface area contributed by atoms with E-state index in [1.165, 1.54) is 0 Å². The lowest BCUT2D eigenvalue weighted by atomic mass is 10.1. The van der Waals surface area contributed by atoms with Crippen LogP contribution >= 0.6 is 11.6 Å². The number of nitrogens with zero attached hydrogens (tertiary/aromatic N) is 3. The van der Waals surface area contributed by atoms with Crippen LogP contribution < -0.4 is 10.2 Å². The molecule has 1 aromatic heterocycles. The van der Waals surface area contributed by atoms with E-state index in [9.17, 15) is 9.18 Å². The Morgan fingerprint density at radius 2 is 1.77 bits per heavy atom. The van der Waals surface area contributed by atoms with Crippen molar-refractivity contribution in [2.45, 2.75) is 33.2 Å². The smallest absolute Gasteiger partial charge is 0.253 e. The molecule has 1 aliphatic rings. The van der Waals surface area contributed by atoms with Gasteiger partial charge in [-0.15, -0.1) is 0 Å². The van der Waals surface area contributed by atoms with Gasteiger partial charge in [0.25, 0.3) is 5.91 Å². The number of hydrogen-bond donors (Lipinski definition) is 1. The van der Waals surface area contributed by atoms with Crippen molar-refractivity contribution in [3.63, 3.8) is 0 Å². The number of carbonyl (C=O) groups is 1. The molecule has 0 bridgehead atoms. The minimum atomic E-state index is -0.344. The maximum atomic E-state index is 14.3. The fraction of sp³-hybridized carbons (Fsp3) is 0.393. The lowest BCUT2D eigenvalue weighted by Gasteiger charge is -2.36. The quantitative estimate of drug-likeness (QED) is 0.391. The van der Waals surface area contributed by atoms with Gasteiger partial charge >= 0.3 is 0 Å². The highest BCUT2D eigenvalue weighted by Gasteiger charge is 2.21. The summed E-state index contributed by atoms with van der Waals surface area (Å²) in [6, 6.07) is 17.4. The summed E-state index contributed by atoms with van der Waals surface area (Å²) in [7, 11) is 0. The van der Waals surface area contributed by atoms with Crippen LogP contribution in [-0.4, -0.2) is 54.6 Å². The third kappa shape index (κ3) is 5.88. The van der Waals surface area contributed by atoms with Crippen LogP contribution in [0, 0.1) is 12.7 Å². The van der Waals surface area contributed by atoms with E-state index in [4.69, 9.17) is 11.6 Å². The number of halogens is 2. The van der Waals surface area contributed by atoms with Gasteiger partial charge in [-0.05, 0) is 50.1 Å². The van der Waals surface area contributed by atoms with Crippen LogP contribution in [0.15, 0.2) is 54.6 Å². The molecule has 0 unspecified atom stereocenters. The Kier molecular flexibility index (Phi) is 8.47. The molecule has 5 nitrogen and oxygen atoms in total. The van der Waals surface area contributed by atoms with Crippen LogP contribution in [0.3, 0.4) is 0 Å². The maximum Gasteiger partial charge on any atom is 0.253 e. The number of benzene rings is 2. The van der Waals surface area contributed by atoms with Gasteiger partial charge in [-0.25, -0.2) is 4.39 Å². The van der Waals surface area contributed by atoms with Crippen molar-refractivity contribution in [1.82, 2.24) is 14.8 Å². The summed E-state index contributed by atoms with van der Waals surface area (Å²) in [5.74, 6) is -0.361. The molecular formula is C28H34ClFN4O.